The van der Waals surface area contributed by atoms with Crippen LogP contribution < -0.4 is 10.6 Å². The predicted molar refractivity (Wildman–Crippen MR) is 114 cm³/mol. The Kier molecular flexibility index (Phi) is 8.42. The van der Waals surface area contributed by atoms with Gasteiger partial charge in [-0.3, -0.25) is 4.99 Å². The highest BCUT2D eigenvalue weighted by atomic mass is 15.2. The van der Waals surface area contributed by atoms with Crippen LogP contribution in [0.15, 0.2) is 47.5 Å². The molecule has 0 radical (unpaired) electrons. The van der Waals surface area contributed by atoms with Crippen molar-refractivity contribution in [1.82, 2.24) is 15.5 Å². The summed E-state index contributed by atoms with van der Waals surface area (Å²) in [7, 11) is 1.83. The molecule has 0 amide bonds. The molecule has 0 spiro atoms. The molecule has 4 heteroatoms. The molecule has 0 aromatic heterocycles. The largest absolute Gasteiger partial charge is 0.354 e. The molecule has 4 nitrogen and oxygen atoms in total. The van der Waals surface area contributed by atoms with Crippen LogP contribution in [0.4, 0.5) is 0 Å². The quantitative estimate of drug-likeness (QED) is 0.528. The molecule has 0 bridgehead atoms. The third-order valence-corrected chi connectivity index (χ3v) is 4.89. The van der Waals surface area contributed by atoms with Gasteiger partial charge in [-0.1, -0.05) is 50.2 Å². The van der Waals surface area contributed by atoms with E-state index in [0.717, 1.165) is 32.0 Å². The zero-order valence-corrected chi connectivity index (χ0v) is 16.8. The Labute approximate surface area is 158 Å². The Hall–Kier alpha value is -2.07. The second-order valence-corrected chi connectivity index (χ2v) is 6.82. The Morgan fingerprint density at radius 3 is 2.50 bits per heavy atom. The summed E-state index contributed by atoms with van der Waals surface area (Å²) < 4.78 is 0. The monoisotopic (exact) mass is 354 g/mol. The number of nitrogens with zero attached hydrogens (tertiary/aromatic N) is 2. The van der Waals surface area contributed by atoms with Gasteiger partial charge in [-0.2, -0.15) is 0 Å². The molecule has 2 rings (SSSR count). The van der Waals surface area contributed by atoms with Crippen LogP contribution >= 0.6 is 0 Å². The molecule has 2 N–H and O–H groups in total. The molecule has 26 heavy (non-hydrogen) atoms. The van der Waals surface area contributed by atoms with Gasteiger partial charge in [0.05, 0.1) is 0 Å². The zero-order chi connectivity index (χ0) is 18.8. The number of rotatable bonds is 9. The van der Waals surface area contributed by atoms with Gasteiger partial charge in [0.25, 0.3) is 0 Å². The van der Waals surface area contributed by atoms with Crippen molar-refractivity contribution in [3.63, 3.8) is 0 Å². The molecular formula is C22H34N4. The molecule has 2 aromatic carbocycles. The second-order valence-electron chi connectivity index (χ2n) is 6.82. The molecule has 1 atom stereocenters. The van der Waals surface area contributed by atoms with Crippen LogP contribution in [0, 0.1) is 0 Å². The van der Waals surface area contributed by atoms with Gasteiger partial charge in [0.2, 0.25) is 0 Å². The van der Waals surface area contributed by atoms with Crippen molar-refractivity contribution >= 4 is 16.7 Å². The summed E-state index contributed by atoms with van der Waals surface area (Å²) in [6.07, 6.45) is 2.35. The lowest BCUT2D eigenvalue weighted by molar-refractivity contribution is 0.292. The first kappa shape index (κ1) is 20.2. The summed E-state index contributed by atoms with van der Waals surface area (Å²) in [4.78, 5) is 6.84. The number of hydrogen-bond donors (Lipinski definition) is 2. The van der Waals surface area contributed by atoms with E-state index in [0.29, 0.717) is 6.04 Å². The van der Waals surface area contributed by atoms with E-state index in [9.17, 15) is 0 Å². The maximum atomic E-state index is 4.36. The highest BCUT2D eigenvalue weighted by Gasteiger charge is 2.07. The molecule has 142 valence electrons. The van der Waals surface area contributed by atoms with Crippen LogP contribution in [0.3, 0.4) is 0 Å². The van der Waals surface area contributed by atoms with Crippen LogP contribution in [0.2, 0.25) is 0 Å². The van der Waals surface area contributed by atoms with E-state index in [4.69, 9.17) is 0 Å². The Morgan fingerprint density at radius 1 is 1.08 bits per heavy atom. The lowest BCUT2D eigenvalue weighted by Crippen LogP contribution is -2.42. The first-order valence-corrected chi connectivity index (χ1v) is 9.83. The molecule has 0 fully saturated rings. The van der Waals surface area contributed by atoms with Crippen molar-refractivity contribution in [2.45, 2.75) is 46.2 Å². The van der Waals surface area contributed by atoms with Crippen LogP contribution in [0.25, 0.3) is 10.8 Å². The summed E-state index contributed by atoms with van der Waals surface area (Å²) in [6.45, 7) is 10.9. The first-order chi connectivity index (χ1) is 12.7. The third-order valence-electron chi connectivity index (χ3n) is 4.89. The van der Waals surface area contributed by atoms with Crippen molar-refractivity contribution in [3.05, 3.63) is 48.0 Å². The smallest absolute Gasteiger partial charge is 0.191 e. The fourth-order valence-electron chi connectivity index (χ4n) is 3.20. The van der Waals surface area contributed by atoms with Gasteiger partial charge in [0.1, 0.15) is 0 Å². The van der Waals surface area contributed by atoms with E-state index in [-0.39, 0.29) is 0 Å². The van der Waals surface area contributed by atoms with Crippen LogP contribution in [-0.4, -0.2) is 43.6 Å². The minimum Gasteiger partial charge on any atom is -0.354 e. The van der Waals surface area contributed by atoms with Gasteiger partial charge in [-0.05, 0) is 61.8 Å². The lowest BCUT2D eigenvalue weighted by Gasteiger charge is -2.21. The highest BCUT2D eigenvalue weighted by Crippen LogP contribution is 2.15. The third kappa shape index (κ3) is 6.34. The molecule has 0 aliphatic carbocycles. The molecule has 1 unspecified atom stereocenters. The fourth-order valence-corrected chi connectivity index (χ4v) is 3.20. The van der Waals surface area contributed by atoms with Crippen molar-refractivity contribution in [2.75, 3.05) is 26.7 Å². The highest BCUT2D eigenvalue weighted by molar-refractivity contribution is 5.83. The second kappa shape index (κ2) is 10.8. The van der Waals surface area contributed by atoms with Crippen molar-refractivity contribution in [3.8, 4) is 0 Å². The topological polar surface area (TPSA) is 39.7 Å². The molecule has 0 aliphatic rings. The SMILES string of the molecule is CCN(CC)CCCC(C)NC(=NC)NCc1ccc2ccccc2c1. The zero-order valence-electron chi connectivity index (χ0n) is 16.8. The summed E-state index contributed by atoms with van der Waals surface area (Å²) in [5.41, 5.74) is 1.26. The minimum atomic E-state index is 0.411. The van der Waals surface area contributed by atoms with Crippen LogP contribution in [0.5, 0.6) is 0 Å². The summed E-state index contributed by atoms with van der Waals surface area (Å²) in [6, 6.07) is 15.5. The van der Waals surface area contributed by atoms with Crippen LogP contribution in [0.1, 0.15) is 39.2 Å². The fraction of sp³-hybridized carbons (Fsp3) is 0.500. The lowest BCUT2D eigenvalue weighted by atomic mass is 10.1. The first-order valence-electron chi connectivity index (χ1n) is 9.83. The summed E-state index contributed by atoms with van der Waals surface area (Å²) >= 11 is 0. The van der Waals surface area contributed by atoms with Crippen LogP contribution in [-0.2, 0) is 6.54 Å². The molecule has 2 aromatic rings. The molecular weight excluding hydrogens is 320 g/mol. The number of nitrogens with one attached hydrogen (secondary N) is 2. The number of aliphatic imine (C=N–C) groups is 1. The van der Waals surface area contributed by atoms with E-state index in [1.165, 1.54) is 29.3 Å². The van der Waals surface area contributed by atoms with Gasteiger partial charge in [-0.25, -0.2) is 0 Å². The van der Waals surface area contributed by atoms with Crippen molar-refractivity contribution in [2.24, 2.45) is 4.99 Å². The molecule has 0 saturated heterocycles. The average molecular weight is 355 g/mol. The summed E-state index contributed by atoms with van der Waals surface area (Å²) in [5, 5.41) is 9.49. The average Bonchev–Trinajstić information content (AvgIpc) is 2.68. The van der Waals surface area contributed by atoms with Gasteiger partial charge >= 0.3 is 0 Å². The van der Waals surface area contributed by atoms with E-state index in [1.54, 1.807) is 0 Å². The molecule has 0 heterocycles. The Morgan fingerprint density at radius 2 is 1.81 bits per heavy atom. The normalized spacial score (nSPS) is 13.2. The maximum Gasteiger partial charge on any atom is 0.191 e. The van der Waals surface area contributed by atoms with E-state index >= 15 is 0 Å². The van der Waals surface area contributed by atoms with E-state index < -0.39 is 0 Å². The van der Waals surface area contributed by atoms with E-state index in [1.807, 2.05) is 7.05 Å². The number of guanidine groups is 1. The van der Waals surface area contributed by atoms with Gasteiger partial charge in [0.15, 0.2) is 5.96 Å². The minimum absolute atomic E-state index is 0.411. The van der Waals surface area contributed by atoms with Gasteiger partial charge in [-0.15, -0.1) is 0 Å². The molecule has 0 saturated carbocycles. The van der Waals surface area contributed by atoms with Gasteiger partial charge in [0, 0.05) is 19.6 Å². The Balaban J connectivity index is 1.79. The summed E-state index contributed by atoms with van der Waals surface area (Å²) in [5.74, 6) is 0.869. The maximum absolute atomic E-state index is 4.36. The molecule has 0 aliphatic heterocycles. The Bertz CT molecular complexity index is 691. The predicted octanol–water partition coefficient (Wildman–Crippen LogP) is 4.02. The van der Waals surface area contributed by atoms with Gasteiger partial charge < -0.3 is 15.5 Å². The standard InChI is InChI=1S/C22H34N4/c1-5-26(6-2)15-9-10-18(3)25-22(23-4)24-17-19-13-14-20-11-7-8-12-21(20)16-19/h7-8,11-14,16,18H,5-6,9-10,15,17H2,1-4H3,(H2,23,24,25). The number of benzene rings is 2. The van der Waals surface area contributed by atoms with Crippen molar-refractivity contribution < 1.29 is 0 Å². The number of hydrogen-bond acceptors (Lipinski definition) is 2. The number of fused-ring (bicyclic) bond motifs is 1. The van der Waals surface area contributed by atoms with E-state index in [2.05, 4.69) is 83.8 Å². The van der Waals surface area contributed by atoms with Crippen molar-refractivity contribution in [1.29, 1.82) is 0 Å².